The van der Waals surface area contributed by atoms with Crippen LogP contribution in [0.5, 0.6) is 0 Å². The molecule has 2 aliphatic rings. The van der Waals surface area contributed by atoms with Gasteiger partial charge in [0.15, 0.2) is 0 Å². The Morgan fingerprint density at radius 1 is 1.29 bits per heavy atom. The van der Waals surface area contributed by atoms with Crippen LogP contribution >= 0.6 is 0 Å². The summed E-state index contributed by atoms with van der Waals surface area (Å²) in [5, 5.41) is 3.06. The number of anilines is 1. The molecule has 2 unspecified atom stereocenters. The smallest absolute Gasteiger partial charge is 0.227 e. The van der Waals surface area contributed by atoms with E-state index >= 15 is 0 Å². The third-order valence-corrected chi connectivity index (χ3v) is 4.21. The summed E-state index contributed by atoms with van der Waals surface area (Å²) in [4.78, 5) is 16.4. The fourth-order valence-corrected chi connectivity index (χ4v) is 3.04. The minimum atomic E-state index is 0.191. The van der Waals surface area contributed by atoms with E-state index in [9.17, 15) is 4.79 Å². The van der Waals surface area contributed by atoms with E-state index in [0.717, 1.165) is 41.6 Å². The van der Waals surface area contributed by atoms with Crippen LogP contribution < -0.4 is 5.32 Å². The van der Waals surface area contributed by atoms with Gasteiger partial charge >= 0.3 is 0 Å². The van der Waals surface area contributed by atoms with Crippen molar-refractivity contribution in [2.75, 3.05) is 5.32 Å². The summed E-state index contributed by atoms with van der Waals surface area (Å²) in [6, 6.07) is 1.94. The molecule has 0 aliphatic heterocycles. The van der Waals surface area contributed by atoms with Crippen molar-refractivity contribution < 1.29 is 4.79 Å². The third kappa shape index (κ3) is 1.94. The molecule has 1 amide bonds. The second-order valence-corrected chi connectivity index (χ2v) is 5.50. The lowest BCUT2D eigenvalue weighted by Crippen LogP contribution is -2.22. The molecule has 2 saturated carbocycles. The van der Waals surface area contributed by atoms with Crippen molar-refractivity contribution in [2.45, 2.75) is 33.1 Å². The number of amides is 1. The molecule has 90 valence electrons. The molecule has 3 rings (SSSR count). The maximum atomic E-state index is 12.1. The van der Waals surface area contributed by atoms with Crippen LogP contribution in [-0.2, 0) is 4.79 Å². The molecule has 0 saturated heterocycles. The first-order chi connectivity index (χ1) is 8.15. The quantitative estimate of drug-likeness (QED) is 0.848. The molecule has 2 atom stereocenters. The van der Waals surface area contributed by atoms with E-state index in [1.54, 1.807) is 6.20 Å². The fourth-order valence-electron chi connectivity index (χ4n) is 3.04. The Bertz CT molecular complexity index is 439. The van der Waals surface area contributed by atoms with E-state index in [4.69, 9.17) is 0 Å². The van der Waals surface area contributed by atoms with Crippen LogP contribution in [0, 0.1) is 31.6 Å². The number of hydrogen-bond acceptors (Lipinski definition) is 2. The first-order valence-corrected chi connectivity index (χ1v) is 6.38. The van der Waals surface area contributed by atoms with Gasteiger partial charge in [-0.1, -0.05) is 0 Å². The lowest BCUT2D eigenvalue weighted by molar-refractivity contribution is -0.120. The summed E-state index contributed by atoms with van der Waals surface area (Å²) >= 11 is 0. The van der Waals surface area contributed by atoms with Gasteiger partial charge in [0.2, 0.25) is 5.91 Å². The first-order valence-electron chi connectivity index (χ1n) is 6.38. The molecule has 0 radical (unpaired) electrons. The van der Waals surface area contributed by atoms with E-state index in [1.807, 2.05) is 19.9 Å². The highest BCUT2D eigenvalue weighted by atomic mass is 16.1. The summed E-state index contributed by atoms with van der Waals surface area (Å²) in [6.07, 6.45) is 5.32. The highest BCUT2D eigenvalue weighted by molar-refractivity contribution is 5.94. The van der Waals surface area contributed by atoms with E-state index in [1.165, 1.54) is 6.42 Å². The molecule has 17 heavy (non-hydrogen) atoms. The topological polar surface area (TPSA) is 42.0 Å². The van der Waals surface area contributed by atoms with Crippen LogP contribution in [0.3, 0.4) is 0 Å². The van der Waals surface area contributed by atoms with Crippen molar-refractivity contribution in [2.24, 2.45) is 17.8 Å². The van der Waals surface area contributed by atoms with Crippen LogP contribution in [0.1, 0.15) is 30.5 Å². The normalized spacial score (nSPS) is 29.9. The predicted molar refractivity (Wildman–Crippen MR) is 66.7 cm³/mol. The molecule has 3 nitrogen and oxygen atoms in total. The molecule has 0 spiro atoms. The van der Waals surface area contributed by atoms with Gasteiger partial charge in [0.1, 0.15) is 0 Å². The highest BCUT2D eigenvalue weighted by Gasteiger charge is 2.48. The van der Waals surface area contributed by atoms with E-state index in [2.05, 4.69) is 10.3 Å². The second-order valence-electron chi connectivity index (χ2n) is 5.50. The van der Waals surface area contributed by atoms with Gasteiger partial charge in [0, 0.05) is 12.1 Å². The molecule has 0 aromatic carbocycles. The van der Waals surface area contributed by atoms with E-state index in [0.29, 0.717) is 0 Å². The average molecular weight is 230 g/mol. The molecule has 3 heteroatoms. The number of pyridine rings is 1. The summed E-state index contributed by atoms with van der Waals surface area (Å²) in [7, 11) is 0. The minimum Gasteiger partial charge on any atom is -0.324 e. The lowest BCUT2D eigenvalue weighted by atomic mass is 10.0. The molecule has 1 heterocycles. The maximum absolute atomic E-state index is 12.1. The van der Waals surface area contributed by atoms with Gasteiger partial charge in [-0.25, -0.2) is 0 Å². The van der Waals surface area contributed by atoms with Crippen LogP contribution in [0.15, 0.2) is 12.3 Å². The first kappa shape index (κ1) is 10.8. The van der Waals surface area contributed by atoms with Gasteiger partial charge in [0.05, 0.1) is 11.4 Å². The Labute approximate surface area is 102 Å². The monoisotopic (exact) mass is 230 g/mol. The number of nitrogens with one attached hydrogen (secondary N) is 1. The van der Waals surface area contributed by atoms with Crippen LogP contribution in [-0.4, -0.2) is 10.9 Å². The van der Waals surface area contributed by atoms with Crippen molar-refractivity contribution in [3.8, 4) is 0 Å². The van der Waals surface area contributed by atoms with Crippen molar-refractivity contribution in [1.29, 1.82) is 0 Å². The Hall–Kier alpha value is -1.38. The fraction of sp³-hybridized carbons (Fsp3) is 0.571. The number of hydrogen-bond donors (Lipinski definition) is 1. The van der Waals surface area contributed by atoms with Gasteiger partial charge in [-0.3, -0.25) is 9.78 Å². The summed E-state index contributed by atoms with van der Waals surface area (Å²) in [5.74, 6) is 2.12. The standard InChI is InChI=1S/C14H18N2O/c1-8-3-4-15-9(2)13(8)16-14(17)12-6-10-5-11(10)7-12/h3-4,10-12H,5-7H2,1-2H3,(H,16,17). The number of rotatable bonds is 2. The Balaban J connectivity index is 1.72. The SMILES string of the molecule is Cc1ccnc(C)c1NC(=O)C1CC2CC2C1. The van der Waals surface area contributed by atoms with Crippen LogP contribution in [0.4, 0.5) is 5.69 Å². The summed E-state index contributed by atoms with van der Waals surface area (Å²) < 4.78 is 0. The Morgan fingerprint density at radius 2 is 2.00 bits per heavy atom. The lowest BCUT2D eigenvalue weighted by Gasteiger charge is -2.15. The number of carbonyl (C=O) groups excluding carboxylic acids is 1. The molecule has 2 fully saturated rings. The van der Waals surface area contributed by atoms with Gasteiger partial charge in [-0.15, -0.1) is 0 Å². The molecule has 1 aromatic rings. The number of carbonyl (C=O) groups is 1. The minimum absolute atomic E-state index is 0.191. The Kier molecular flexibility index (Phi) is 2.42. The van der Waals surface area contributed by atoms with Crippen LogP contribution in [0.2, 0.25) is 0 Å². The summed E-state index contributed by atoms with van der Waals surface area (Å²) in [5.41, 5.74) is 2.90. The zero-order valence-electron chi connectivity index (χ0n) is 10.4. The zero-order chi connectivity index (χ0) is 12.0. The van der Waals surface area contributed by atoms with Gasteiger partial charge in [0.25, 0.3) is 0 Å². The number of nitrogens with zero attached hydrogens (tertiary/aromatic N) is 1. The zero-order valence-corrected chi connectivity index (χ0v) is 10.4. The van der Waals surface area contributed by atoms with Crippen molar-refractivity contribution >= 4 is 11.6 Å². The Morgan fingerprint density at radius 3 is 2.65 bits per heavy atom. The average Bonchev–Trinajstić information content (AvgIpc) is 2.91. The predicted octanol–water partition coefficient (Wildman–Crippen LogP) is 2.68. The molecule has 0 bridgehead atoms. The van der Waals surface area contributed by atoms with E-state index in [-0.39, 0.29) is 11.8 Å². The summed E-state index contributed by atoms with van der Waals surface area (Å²) in [6.45, 7) is 3.95. The van der Waals surface area contributed by atoms with Crippen LogP contribution in [0.25, 0.3) is 0 Å². The van der Waals surface area contributed by atoms with Gasteiger partial charge < -0.3 is 5.32 Å². The van der Waals surface area contributed by atoms with Gasteiger partial charge in [-0.2, -0.15) is 0 Å². The molecule has 1 aromatic heterocycles. The molecular formula is C14H18N2O. The van der Waals surface area contributed by atoms with Crippen molar-refractivity contribution in [3.05, 3.63) is 23.5 Å². The number of aryl methyl sites for hydroxylation is 2. The molecule has 1 N–H and O–H groups in total. The van der Waals surface area contributed by atoms with Gasteiger partial charge in [-0.05, 0) is 56.6 Å². The number of aromatic nitrogens is 1. The molecule has 2 aliphatic carbocycles. The second kappa shape index (κ2) is 3.83. The number of fused-ring (bicyclic) bond motifs is 1. The van der Waals surface area contributed by atoms with E-state index < -0.39 is 0 Å². The third-order valence-electron chi connectivity index (χ3n) is 4.21. The maximum Gasteiger partial charge on any atom is 0.227 e. The van der Waals surface area contributed by atoms with Crippen molar-refractivity contribution in [1.82, 2.24) is 4.98 Å². The van der Waals surface area contributed by atoms with Crippen molar-refractivity contribution in [3.63, 3.8) is 0 Å². The largest absolute Gasteiger partial charge is 0.324 e. The molecular weight excluding hydrogens is 212 g/mol. The highest BCUT2D eigenvalue weighted by Crippen LogP contribution is 2.54.